The van der Waals surface area contributed by atoms with Crippen LogP contribution in [0.1, 0.15) is 39.0 Å². The van der Waals surface area contributed by atoms with Crippen molar-refractivity contribution in [3.63, 3.8) is 0 Å². The average Bonchev–Trinajstić information content (AvgIpc) is 2.16. The summed E-state index contributed by atoms with van der Waals surface area (Å²) in [5, 5.41) is 0. The third-order valence-corrected chi connectivity index (χ3v) is 4.31. The van der Waals surface area contributed by atoms with Gasteiger partial charge in [0.05, 0.1) is 0 Å². The highest BCUT2D eigenvalue weighted by molar-refractivity contribution is 4.97. The summed E-state index contributed by atoms with van der Waals surface area (Å²) >= 11 is 0. The summed E-state index contributed by atoms with van der Waals surface area (Å²) in [4.78, 5) is 2.57. The molecule has 1 heterocycles. The third-order valence-electron chi connectivity index (χ3n) is 4.31. The van der Waals surface area contributed by atoms with Gasteiger partial charge in [-0.25, -0.2) is 0 Å². The smallest absolute Gasteiger partial charge is 0.00504 e. The van der Waals surface area contributed by atoms with Crippen LogP contribution in [0.4, 0.5) is 0 Å². The van der Waals surface area contributed by atoms with Crippen LogP contribution in [0.15, 0.2) is 0 Å². The standard InChI is InChI=1S/C12H24N2/c1-2-14-9-12(10-14)6-3-11(4-7-12)5-8-13/h11H,2-10,13H2,1H3. The summed E-state index contributed by atoms with van der Waals surface area (Å²) in [5.74, 6) is 0.946. The highest BCUT2D eigenvalue weighted by Crippen LogP contribution is 2.45. The fourth-order valence-electron chi connectivity index (χ4n) is 3.26. The van der Waals surface area contributed by atoms with Crippen molar-refractivity contribution in [2.24, 2.45) is 17.1 Å². The number of nitrogens with two attached hydrogens (primary N) is 1. The molecule has 0 bridgehead atoms. The van der Waals surface area contributed by atoms with Crippen LogP contribution in [0.5, 0.6) is 0 Å². The molecule has 0 atom stereocenters. The van der Waals surface area contributed by atoms with Gasteiger partial charge in [0.2, 0.25) is 0 Å². The summed E-state index contributed by atoms with van der Waals surface area (Å²) in [7, 11) is 0. The lowest BCUT2D eigenvalue weighted by Gasteiger charge is -2.53. The molecular formula is C12H24N2. The van der Waals surface area contributed by atoms with Crippen molar-refractivity contribution >= 4 is 0 Å². The lowest BCUT2D eigenvalue weighted by Crippen LogP contribution is -2.57. The molecule has 1 saturated heterocycles. The minimum absolute atomic E-state index is 0.737. The zero-order valence-electron chi connectivity index (χ0n) is 9.47. The number of rotatable bonds is 3. The number of nitrogens with zero attached hydrogens (tertiary/aromatic N) is 1. The van der Waals surface area contributed by atoms with E-state index in [9.17, 15) is 0 Å². The highest BCUT2D eigenvalue weighted by Gasteiger charge is 2.43. The van der Waals surface area contributed by atoms with E-state index < -0.39 is 0 Å². The molecule has 0 aromatic rings. The summed E-state index contributed by atoms with van der Waals surface area (Å²) in [6, 6.07) is 0. The Balaban J connectivity index is 1.74. The van der Waals surface area contributed by atoms with Gasteiger partial charge in [0.25, 0.3) is 0 Å². The minimum Gasteiger partial charge on any atom is -0.330 e. The molecular weight excluding hydrogens is 172 g/mol. The lowest BCUT2D eigenvalue weighted by molar-refractivity contribution is -0.0350. The fraction of sp³-hybridized carbons (Fsp3) is 1.00. The molecule has 0 amide bonds. The van der Waals surface area contributed by atoms with Crippen LogP contribution in [-0.2, 0) is 0 Å². The first-order valence-corrected chi connectivity index (χ1v) is 6.20. The van der Waals surface area contributed by atoms with Crippen LogP contribution in [0, 0.1) is 11.3 Å². The zero-order chi connectivity index (χ0) is 10.0. The largest absolute Gasteiger partial charge is 0.330 e. The van der Waals surface area contributed by atoms with Gasteiger partial charge in [0, 0.05) is 13.1 Å². The molecule has 1 aliphatic carbocycles. The quantitative estimate of drug-likeness (QED) is 0.746. The van der Waals surface area contributed by atoms with Crippen LogP contribution in [-0.4, -0.2) is 31.1 Å². The molecule has 2 nitrogen and oxygen atoms in total. The molecule has 82 valence electrons. The van der Waals surface area contributed by atoms with Crippen molar-refractivity contribution in [2.75, 3.05) is 26.2 Å². The molecule has 0 aromatic heterocycles. The Morgan fingerprint density at radius 2 is 1.93 bits per heavy atom. The van der Waals surface area contributed by atoms with Crippen LogP contribution in [0.3, 0.4) is 0 Å². The van der Waals surface area contributed by atoms with E-state index in [2.05, 4.69) is 11.8 Å². The van der Waals surface area contributed by atoms with Gasteiger partial charge in [-0.15, -0.1) is 0 Å². The van der Waals surface area contributed by atoms with Gasteiger partial charge in [-0.1, -0.05) is 6.92 Å². The van der Waals surface area contributed by atoms with Gasteiger partial charge in [-0.3, -0.25) is 0 Å². The predicted molar refractivity (Wildman–Crippen MR) is 60.2 cm³/mol. The monoisotopic (exact) mass is 196 g/mol. The molecule has 1 spiro atoms. The Labute approximate surface area is 87.8 Å². The number of hydrogen-bond donors (Lipinski definition) is 1. The third kappa shape index (κ3) is 1.96. The van der Waals surface area contributed by atoms with Crippen molar-refractivity contribution in [1.29, 1.82) is 0 Å². The maximum atomic E-state index is 5.61. The Morgan fingerprint density at radius 3 is 2.43 bits per heavy atom. The molecule has 1 aliphatic heterocycles. The summed E-state index contributed by atoms with van der Waals surface area (Å²) in [5.41, 5.74) is 6.35. The second-order valence-corrected chi connectivity index (χ2v) is 5.32. The van der Waals surface area contributed by atoms with E-state index in [1.165, 1.54) is 51.7 Å². The number of hydrogen-bond acceptors (Lipinski definition) is 2. The van der Waals surface area contributed by atoms with E-state index in [-0.39, 0.29) is 0 Å². The topological polar surface area (TPSA) is 29.3 Å². The van der Waals surface area contributed by atoms with E-state index in [1.54, 1.807) is 0 Å². The first-order chi connectivity index (χ1) is 6.78. The maximum absolute atomic E-state index is 5.61. The molecule has 0 unspecified atom stereocenters. The minimum atomic E-state index is 0.737. The van der Waals surface area contributed by atoms with E-state index in [0.717, 1.165) is 17.9 Å². The van der Waals surface area contributed by atoms with Crippen molar-refractivity contribution in [1.82, 2.24) is 4.90 Å². The van der Waals surface area contributed by atoms with Crippen LogP contribution in [0.2, 0.25) is 0 Å². The first-order valence-electron chi connectivity index (χ1n) is 6.20. The molecule has 14 heavy (non-hydrogen) atoms. The summed E-state index contributed by atoms with van der Waals surface area (Å²) in [6.45, 7) is 7.15. The van der Waals surface area contributed by atoms with E-state index in [0.29, 0.717) is 0 Å². The van der Waals surface area contributed by atoms with Gasteiger partial charge in [0.15, 0.2) is 0 Å². The van der Waals surface area contributed by atoms with Crippen molar-refractivity contribution in [2.45, 2.75) is 39.0 Å². The van der Waals surface area contributed by atoms with Crippen molar-refractivity contribution < 1.29 is 0 Å². The highest BCUT2D eigenvalue weighted by atomic mass is 15.2. The van der Waals surface area contributed by atoms with Crippen LogP contribution >= 0.6 is 0 Å². The lowest BCUT2D eigenvalue weighted by atomic mass is 9.65. The van der Waals surface area contributed by atoms with Crippen molar-refractivity contribution in [3.8, 4) is 0 Å². The SMILES string of the molecule is CCN1CC2(CCC(CCN)CC2)C1. The Kier molecular flexibility index (Phi) is 3.13. The second-order valence-electron chi connectivity index (χ2n) is 5.32. The Morgan fingerprint density at radius 1 is 1.29 bits per heavy atom. The van der Waals surface area contributed by atoms with Gasteiger partial charge in [0.1, 0.15) is 0 Å². The van der Waals surface area contributed by atoms with Crippen LogP contribution < -0.4 is 5.73 Å². The first kappa shape index (κ1) is 10.4. The van der Waals surface area contributed by atoms with Crippen LogP contribution in [0.25, 0.3) is 0 Å². The second kappa shape index (κ2) is 4.19. The van der Waals surface area contributed by atoms with Gasteiger partial charge >= 0.3 is 0 Å². The average molecular weight is 196 g/mol. The predicted octanol–water partition coefficient (Wildman–Crippen LogP) is 1.85. The fourth-order valence-corrected chi connectivity index (χ4v) is 3.26. The molecule has 2 aliphatic rings. The molecule has 2 fully saturated rings. The molecule has 2 N–H and O–H groups in total. The summed E-state index contributed by atoms with van der Waals surface area (Å²) < 4.78 is 0. The Bertz CT molecular complexity index is 175. The van der Waals surface area contributed by atoms with E-state index in [1.807, 2.05) is 0 Å². The maximum Gasteiger partial charge on any atom is 0.00504 e. The zero-order valence-corrected chi connectivity index (χ0v) is 9.47. The molecule has 2 heteroatoms. The summed E-state index contributed by atoms with van der Waals surface area (Å²) in [6.07, 6.45) is 7.07. The van der Waals surface area contributed by atoms with Gasteiger partial charge in [-0.2, -0.15) is 0 Å². The van der Waals surface area contributed by atoms with Gasteiger partial charge < -0.3 is 10.6 Å². The van der Waals surface area contributed by atoms with Gasteiger partial charge in [-0.05, 0) is 56.5 Å². The normalized spacial score (nSPS) is 27.9. The van der Waals surface area contributed by atoms with E-state index >= 15 is 0 Å². The Hall–Kier alpha value is -0.0800. The van der Waals surface area contributed by atoms with Crippen molar-refractivity contribution in [3.05, 3.63) is 0 Å². The van der Waals surface area contributed by atoms with E-state index in [4.69, 9.17) is 5.73 Å². The molecule has 1 saturated carbocycles. The molecule has 2 rings (SSSR count). The molecule has 0 aromatic carbocycles. The number of likely N-dealkylation sites (tertiary alicyclic amines) is 1. The molecule has 0 radical (unpaired) electrons.